The van der Waals surface area contributed by atoms with Crippen LogP contribution in [0.2, 0.25) is 0 Å². The van der Waals surface area contributed by atoms with Crippen molar-refractivity contribution in [1.82, 2.24) is 0 Å². The number of aliphatic hydroxyl groups is 1. The Balaban J connectivity index is 1.72. The molecule has 1 N–H and O–H groups in total. The van der Waals surface area contributed by atoms with Gasteiger partial charge in [-0.25, -0.2) is 0 Å². The molecule has 1 aromatic carbocycles. The monoisotopic (exact) mass is 256 g/mol. The Hall–Kier alpha value is -0.820. The van der Waals surface area contributed by atoms with Gasteiger partial charge in [0.05, 0.1) is 6.10 Å². The zero-order chi connectivity index (χ0) is 13.0. The molecule has 3 aliphatic carbocycles. The van der Waals surface area contributed by atoms with Gasteiger partial charge in [0, 0.05) is 0 Å². The van der Waals surface area contributed by atoms with E-state index in [-0.39, 0.29) is 11.5 Å². The highest BCUT2D eigenvalue weighted by atomic mass is 16.3. The summed E-state index contributed by atoms with van der Waals surface area (Å²) < 4.78 is 0. The van der Waals surface area contributed by atoms with Crippen molar-refractivity contribution in [2.75, 3.05) is 0 Å². The first-order chi connectivity index (χ1) is 9.20. The molecule has 1 heteroatoms. The number of fused-ring (bicyclic) bond motifs is 5. The molecule has 1 aromatic rings. The largest absolute Gasteiger partial charge is 0.393 e. The molecule has 0 spiro atoms. The van der Waals surface area contributed by atoms with Crippen LogP contribution in [0.4, 0.5) is 0 Å². The minimum Gasteiger partial charge on any atom is -0.393 e. The molecule has 0 saturated heterocycles. The lowest BCUT2D eigenvalue weighted by Gasteiger charge is -2.50. The Morgan fingerprint density at radius 1 is 1.11 bits per heavy atom. The average Bonchev–Trinajstić information content (AvgIpc) is 2.75. The topological polar surface area (TPSA) is 20.2 Å². The predicted molar refractivity (Wildman–Crippen MR) is 77.1 cm³/mol. The lowest BCUT2D eigenvalue weighted by molar-refractivity contribution is -0.0226. The first kappa shape index (κ1) is 12.0. The summed E-state index contributed by atoms with van der Waals surface area (Å²) in [5, 5.41) is 10.4. The third-order valence-electron chi connectivity index (χ3n) is 6.59. The maximum Gasteiger partial charge on any atom is 0.0596 e. The molecule has 3 aliphatic rings. The standard InChI is InChI=1S/C18H24O/c1-18-11-10-14-13-5-3-2-4-12(13)6-7-15(14)16(18)8-9-17(18)19/h2-5,14-17,19H,6-11H2,1H3/t14-,15+,16+,17+,18-/m1/s1. The van der Waals surface area contributed by atoms with E-state index >= 15 is 0 Å². The van der Waals surface area contributed by atoms with Gasteiger partial charge in [-0.3, -0.25) is 0 Å². The van der Waals surface area contributed by atoms with Crippen LogP contribution < -0.4 is 0 Å². The van der Waals surface area contributed by atoms with Crippen LogP contribution in [-0.2, 0) is 6.42 Å². The normalized spacial score (nSPS) is 44.3. The van der Waals surface area contributed by atoms with Crippen LogP contribution in [0.15, 0.2) is 24.3 Å². The zero-order valence-corrected chi connectivity index (χ0v) is 11.8. The van der Waals surface area contributed by atoms with Gasteiger partial charge in [0.1, 0.15) is 0 Å². The van der Waals surface area contributed by atoms with Crippen molar-refractivity contribution in [1.29, 1.82) is 0 Å². The average molecular weight is 256 g/mol. The molecule has 0 aromatic heterocycles. The third-order valence-corrected chi connectivity index (χ3v) is 6.59. The fourth-order valence-electron chi connectivity index (χ4n) is 5.49. The van der Waals surface area contributed by atoms with Crippen molar-refractivity contribution in [2.24, 2.45) is 17.3 Å². The fraction of sp³-hybridized carbons (Fsp3) is 0.667. The Morgan fingerprint density at radius 2 is 1.95 bits per heavy atom. The van der Waals surface area contributed by atoms with Gasteiger partial charge in [0.2, 0.25) is 0 Å². The minimum absolute atomic E-state index is 0.0457. The quantitative estimate of drug-likeness (QED) is 0.746. The summed E-state index contributed by atoms with van der Waals surface area (Å²) in [6.45, 7) is 2.35. The Kier molecular flexibility index (Phi) is 2.57. The third kappa shape index (κ3) is 1.57. The summed E-state index contributed by atoms with van der Waals surface area (Å²) in [5.41, 5.74) is 3.43. The van der Waals surface area contributed by atoms with Crippen molar-refractivity contribution in [2.45, 2.75) is 57.5 Å². The van der Waals surface area contributed by atoms with Crippen molar-refractivity contribution >= 4 is 0 Å². The van der Waals surface area contributed by atoms with Crippen molar-refractivity contribution in [3.05, 3.63) is 35.4 Å². The molecule has 102 valence electrons. The number of rotatable bonds is 0. The smallest absolute Gasteiger partial charge is 0.0596 e. The van der Waals surface area contributed by atoms with E-state index in [4.69, 9.17) is 0 Å². The molecule has 0 aliphatic heterocycles. The molecule has 0 bridgehead atoms. The molecular weight excluding hydrogens is 232 g/mol. The van der Waals surface area contributed by atoms with Gasteiger partial charge < -0.3 is 5.11 Å². The minimum atomic E-state index is -0.0457. The second-order valence-corrected chi connectivity index (χ2v) is 7.25. The van der Waals surface area contributed by atoms with Gasteiger partial charge in [-0.15, -0.1) is 0 Å². The summed E-state index contributed by atoms with van der Waals surface area (Å²) in [6, 6.07) is 9.08. The van der Waals surface area contributed by atoms with Crippen LogP contribution in [0, 0.1) is 17.3 Å². The molecule has 0 radical (unpaired) electrons. The number of benzene rings is 1. The van der Waals surface area contributed by atoms with Gasteiger partial charge >= 0.3 is 0 Å². The van der Waals surface area contributed by atoms with Crippen LogP contribution >= 0.6 is 0 Å². The molecule has 2 saturated carbocycles. The SMILES string of the molecule is C[C@@]12CC[C@@H]3c4ccccc4CC[C@@H]3[C@@H]1CC[C@@H]2O. The molecule has 0 unspecified atom stereocenters. The maximum absolute atomic E-state index is 10.4. The van der Waals surface area contributed by atoms with E-state index in [9.17, 15) is 5.11 Å². The molecule has 2 fully saturated rings. The molecule has 5 atom stereocenters. The van der Waals surface area contributed by atoms with Crippen LogP contribution in [0.25, 0.3) is 0 Å². The van der Waals surface area contributed by atoms with E-state index in [0.717, 1.165) is 24.2 Å². The van der Waals surface area contributed by atoms with Crippen LogP contribution in [-0.4, -0.2) is 11.2 Å². The lowest BCUT2D eigenvalue weighted by Crippen LogP contribution is -2.43. The van der Waals surface area contributed by atoms with Crippen LogP contribution in [0.1, 0.15) is 56.1 Å². The maximum atomic E-state index is 10.4. The molecule has 19 heavy (non-hydrogen) atoms. The van der Waals surface area contributed by atoms with Crippen LogP contribution in [0.3, 0.4) is 0 Å². The van der Waals surface area contributed by atoms with Crippen molar-refractivity contribution in [3.63, 3.8) is 0 Å². The Morgan fingerprint density at radius 3 is 2.84 bits per heavy atom. The summed E-state index contributed by atoms with van der Waals surface area (Å²) in [6.07, 6.45) is 7.33. The first-order valence-electron chi connectivity index (χ1n) is 7.96. The van der Waals surface area contributed by atoms with Gasteiger partial charge in [0.25, 0.3) is 0 Å². The van der Waals surface area contributed by atoms with E-state index in [2.05, 4.69) is 31.2 Å². The van der Waals surface area contributed by atoms with Gasteiger partial charge in [-0.2, -0.15) is 0 Å². The molecule has 0 heterocycles. The lowest BCUT2D eigenvalue weighted by atomic mass is 9.55. The van der Waals surface area contributed by atoms with E-state index in [1.54, 1.807) is 11.1 Å². The Labute approximate surface area is 116 Å². The fourth-order valence-corrected chi connectivity index (χ4v) is 5.49. The first-order valence-corrected chi connectivity index (χ1v) is 7.96. The van der Waals surface area contributed by atoms with Gasteiger partial charge in [-0.1, -0.05) is 31.2 Å². The molecular formula is C18H24O. The summed E-state index contributed by atoms with van der Waals surface area (Å²) in [4.78, 5) is 0. The van der Waals surface area contributed by atoms with Crippen molar-refractivity contribution < 1.29 is 5.11 Å². The summed E-state index contributed by atoms with van der Waals surface area (Å²) in [5.74, 6) is 2.36. The van der Waals surface area contributed by atoms with Crippen molar-refractivity contribution in [3.8, 4) is 0 Å². The molecule has 4 rings (SSSR count). The summed E-state index contributed by atoms with van der Waals surface area (Å²) >= 11 is 0. The predicted octanol–water partition coefficient (Wildman–Crippen LogP) is 3.90. The second-order valence-electron chi connectivity index (χ2n) is 7.25. The highest BCUT2D eigenvalue weighted by molar-refractivity contribution is 5.34. The van der Waals surface area contributed by atoms with E-state index in [0.29, 0.717) is 0 Å². The van der Waals surface area contributed by atoms with E-state index < -0.39 is 0 Å². The second kappa shape index (κ2) is 4.09. The number of hydrogen-bond donors (Lipinski definition) is 1. The number of hydrogen-bond acceptors (Lipinski definition) is 1. The van der Waals surface area contributed by atoms with Gasteiger partial charge in [0.15, 0.2) is 0 Å². The number of aliphatic hydroxyl groups excluding tert-OH is 1. The highest BCUT2D eigenvalue weighted by Gasteiger charge is 2.54. The molecule has 0 amide bonds. The van der Waals surface area contributed by atoms with Gasteiger partial charge in [-0.05, 0) is 72.8 Å². The van der Waals surface area contributed by atoms with Crippen LogP contribution in [0.5, 0.6) is 0 Å². The zero-order valence-electron chi connectivity index (χ0n) is 11.8. The number of aryl methyl sites for hydroxylation is 1. The van der Waals surface area contributed by atoms with E-state index in [1.165, 1.54) is 32.1 Å². The van der Waals surface area contributed by atoms with E-state index in [1.807, 2.05) is 0 Å². The highest BCUT2D eigenvalue weighted by Crippen LogP contribution is 2.60. The molecule has 1 nitrogen and oxygen atoms in total. The Bertz CT molecular complexity index is 494. The summed E-state index contributed by atoms with van der Waals surface area (Å²) in [7, 11) is 0.